The van der Waals surface area contributed by atoms with Gasteiger partial charge in [0.1, 0.15) is 6.04 Å². The van der Waals surface area contributed by atoms with Gasteiger partial charge < -0.3 is 15.2 Å². The highest BCUT2D eigenvalue weighted by Gasteiger charge is 2.23. The molecule has 0 saturated heterocycles. The minimum absolute atomic E-state index is 0.300. The Hall–Kier alpha value is -1.59. The number of carboxylic acid groups (broad SMARTS) is 1. The second-order valence-corrected chi connectivity index (χ2v) is 10.4. The zero-order valence-corrected chi connectivity index (χ0v) is 23.6. The monoisotopic (exact) mass is 511 g/mol. The van der Waals surface area contributed by atoms with Gasteiger partial charge in [0.05, 0.1) is 13.0 Å². The van der Waals surface area contributed by atoms with Crippen LogP contribution >= 0.6 is 0 Å². The van der Waals surface area contributed by atoms with Crippen LogP contribution in [0.5, 0.6) is 0 Å². The normalized spacial score (nSPS) is 11.8. The zero-order valence-electron chi connectivity index (χ0n) is 23.6. The van der Waals surface area contributed by atoms with Crippen molar-refractivity contribution < 1.29 is 24.2 Å². The summed E-state index contributed by atoms with van der Waals surface area (Å²) in [5, 5.41) is 11.9. The third-order valence-electron chi connectivity index (χ3n) is 6.77. The van der Waals surface area contributed by atoms with Crippen LogP contribution in [-0.4, -0.2) is 35.6 Å². The molecule has 0 spiro atoms. The molecule has 0 heterocycles. The second kappa shape index (κ2) is 26.5. The number of rotatable bonds is 27. The molecule has 2 N–H and O–H groups in total. The summed E-state index contributed by atoms with van der Waals surface area (Å²) in [5.41, 5.74) is 0. The van der Waals surface area contributed by atoms with Gasteiger partial charge >= 0.3 is 11.9 Å². The Labute approximate surface area is 221 Å². The molecule has 6 heteroatoms. The van der Waals surface area contributed by atoms with Crippen molar-refractivity contribution in [3.8, 4) is 0 Å². The molecule has 0 rings (SSSR count). The van der Waals surface area contributed by atoms with Crippen molar-refractivity contribution in [3.05, 3.63) is 0 Å². The fourth-order valence-corrected chi connectivity index (χ4v) is 4.42. The van der Waals surface area contributed by atoms with E-state index in [1.54, 1.807) is 0 Å². The number of nitrogens with one attached hydrogen (secondary N) is 1. The van der Waals surface area contributed by atoms with Crippen molar-refractivity contribution >= 4 is 17.8 Å². The van der Waals surface area contributed by atoms with Crippen LogP contribution in [0.4, 0.5) is 0 Å². The Balaban J connectivity index is 3.74. The molecule has 0 aromatic rings. The lowest BCUT2D eigenvalue weighted by atomic mass is 10.1. The van der Waals surface area contributed by atoms with Crippen molar-refractivity contribution in [3.63, 3.8) is 0 Å². The summed E-state index contributed by atoms with van der Waals surface area (Å²) < 4.78 is 5.20. The first-order valence-corrected chi connectivity index (χ1v) is 15.2. The van der Waals surface area contributed by atoms with E-state index in [1.807, 2.05) is 0 Å². The van der Waals surface area contributed by atoms with E-state index in [0.29, 0.717) is 13.0 Å². The molecule has 0 aliphatic heterocycles. The number of carboxylic acids is 1. The first kappa shape index (κ1) is 34.4. The van der Waals surface area contributed by atoms with Crippen LogP contribution in [0.25, 0.3) is 0 Å². The van der Waals surface area contributed by atoms with Gasteiger partial charge in [-0.3, -0.25) is 9.59 Å². The number of esters is 1. The van der Waals surface area contributed by atoms with Crippen LogP contribution in [0.15, 0.2) is 0 Å². The van der Waals surface area contributed by atoms with Crippen molar-refractivity contribution in [1.82, 2.24) is 5.32 Å². The minimum atomic E-state index is -1.22. The minimum Gasteiger partial charge on any atom is -0.480 e. The van der Waals surface area contributed by atoms with Crippen LogP contribution < -0.4 is 5.32 Å². The third-order valence-corrected chi connectivity index (χ3v) is 6.77. The highest BCUT2D eigenvalue weighted by molar-refractivity contribution is 5.87. The first-order chi connectivity index (χ1) is 17.5. The number of carbonyl (C=O) groups is 3. The molecule has 1 amide bonds. The summed E-state index contributed by atoms with van der Waals surface area (Å²) in [7, 11) is 0. The SMILES string of the molecule is CCCCCCCCCCCCCC(=O)N[C@@H](CC(=O)OCCCCCCCCCCCC)C(=O)O. The van der Waals surface area contributed by atoms with E-state index in [4.69, 9.17) is 4.74 Å². The Kier molecular flexibility index (Phi) is 25.3. The molecule has 0 aliphatic rings. The summed E-state index contributed by atoms with van der Waals surface area (Å²) in [6.07, 6.45) is 25.2. The summed E-state index contributed by atoms with van der Waals surface area (Å²) in [4.78, 5) is 35.6. The fraction of sp³-hybridized carbons (Fsp3) is 0.900. The maximum absolute atomic E-state index is 12.1. The summed E-state index contributed by atoms with van der Waals surface area (Å²) >= 11 is 0. The lowest BCUT2D eigenvalue weighted by Gasteiger charge is -2.14. The maximum Gasteiger partial charge on any atom is 0.326 e. The highest BCUT2D eigenvalue weighted by atomic mass is 16.5. The Morgan fingerprint density at radius 2 is 1.00 bits per heavy atom. The summed E-state index contributed by atoms with van der Waals surface area (Å²) in [6.45, 7) is 4.77. The average molecular weight is 512 g/mol. The summed E-state index contributed by atoms with van der Waals surface area (Å²) in [5.74, 6) is -2.06. The number of amides is 1. The number of hydrogen-bond acceptors (Lipinski definition) is 4. The van der Waals surface area contributed by atoms with Gasteiger partial charge in [-0.15, -0.1) is 0 Å². The van der Waals surface area contributed by atoms with Crippen LogP contribution in [-0.2, 0) is 19.1 Å². The van der Waals surface area contributed by atoms with Crippen LogP contribution in [0.3, 0.4) is 0 Å². The maximum atomic E-state index is 12.1. The van der Waals surface area contributed by atoms with Crippen LogP contribution in [0.1, 0.15) is 162 Å². The Bertz CT molecular complexity index is 497. The van der Waals surface area contributed by atoms with E-state index in [9.17, 15) is 19.5 Å². The van der Waals surface area contributed by atoms with Gasteiger partial charge in [0, 0.05) is 6.42 Å². The Morgan fingerprint density at radius 1 is 0.611 bits per heavy atom. The number of ether oxygens (including phenoxy) is 1. The van der Waals surface area contributed by atoms with E-state index < -0.39 is 18.0 Å². The van der Waals surface area contributed by atoms with E-state index >= 15 is 0 Å². The Morgan fingerprint density at radius 3 is 1.42 bits per heavy atom. The lowest BCUT2D eigenvalue weighted by Crippen LogP contribution is -2.42. The number of carbonyl (C=O) groups excluding carboxylic acids is 2. The third kappa shape index (κ3) is 24.1. The van der Waals surface area contributed by atoms with Gasteiger partial charge in [-0.1, -0.05) is 136 Å². The predicted octanol–water partition coefficient (Wildman–Crippen LogP) is 8.11. The molecule has 36 heavy (non-hydrogen) atoms. The highest BCUT2D eigenvalue weighted by Crippen LogP contribution is 2.13. The topological polar surface area (TPSA) is 92.7 Å². The smallest absolute Gasteiger partial charge is 0.326 e. The standard InChI is InChI=1S/C30H57NO5/c1-3-5-7-9-11-13-15-16-18-20-22-24-28(32)31-27(30(34)35)26-29(33)36-25-23-21-19-17-14-12-10-8-6-4-2/h27H,3-26H2,1-2H3,(H,31,32)(H,34,35)/t27-/m0/s1. The van der Waals surface area contributed by atoms with Gasteiger partial charge in [0.2, 0.25) is 5.91 Å². The molecule has 212 valence electrons. The fourth-order valence-electron chi connectivity index (χ4n) is 4.42. The van der Waals surface area contributed by atoms with Crippen LogP contribution in [0, 0.1) is 0 Å². The van der Waals surface area contributed by atoms with Crippen molar-refractivity contribution in [2.75, 3.05) is 6.61 Å². The van der Waals surface area contributed by atoms with Gasteiger partial charge in [0.15, 0.2) is 0 Å². The number of hydrogen-bond donors (Lipinski definition) is 2. The van der Waals surface area contributed by atoms with E-state index in [0.717, 1.165) is 38.5 Å². The lowest BCUT2D eigenvalue weighted by molar-refractivity contribution is -0.150. The van der Waals surface area contributed by atoms with E-state index in [-0.39, 0.29) is 12.3 Å². The summed E-state index contributed by atoms with van der Waals surface area (Å²) in [6, 6.07) is -1.22. The molecule has 0 saturated carbocycles. The molecule has 0 bridgehead atoms. The van der Waals surface area contributed by atoms with E-state index in [2.05, 4.69) is 19.2 Å². The first-order valence-electron chi connectivity index (χ1n) is 15.2. The van der Waals surface area contributed by atoms with Crippen molar-refractivity contribution in [2.24, 2.45) is 0 Å². The quantitative estimate of drug-likeness (QED) is 0.0858. The molecular formula is C30H57NO5. The van der Waals surface area contributed by atoms with Gasteiger partial charge in [0.25, 0.3) is 0 Å². The largest absolute Gasteiger partial charge is 0.480 e. The van der Waals surface area contributed by atoms with E-state index in [1.165, 1.54) is 96.3 Å². The average Bonchev–Trinajstić information content (AvgIpc) is 2.85. The molecule has 0 aliphatic carbocycles. The molecule has 0 aromatic carbocycles. The molecule has 0 aromatic heterocycles. The van der Waals surface area contributed by atoms with Crippen molar-refractivity contribution in [2.45, 2.75) is 168 Å². The number of aliphatic carboxylic acids is 1. The molecule has 0 unspecified atom stereocenters. The zero-order chi connectivity index (χ0) is 26.7. The van der Waals surface area contributed by atoms with Crippen LogP contribution in [0.2, 0.25) is 0 Å². The van der Waals surface area contributed by atoms with Gasteiger partial charge in [-0.25, -0.2) is 4.79 Å². The molecule has 6 nitrogen and oxygen atoms in total. The van der Waals surface area contributed by atoms with Gasteiger partial charge in [-0.05, 0) is 12.8 Å². The molecule has 0 radical (unpaired) electrons. The molecular weight excluding hydrogens is 454 g/mol. The number of unbranched alkanes of at least 4 members (excludes halogenated alkanes) is 19. The van der Waals surface area contributed by atoms with Crippen molar-refractivity contribution in [1.29, 1.82) is 0 Å². The second-order valence-electron chi connectivity index (χ2n) is 10.4. The molecule has 0 fully saturated rings. The predicted molar refractivity (Wildman–Crippen MR) is 148 cm³/mol. The molecule has 1 atom stereocenters. The van der Waals surface area contributed by atoms with Gasteiger partial charge in [-0.2, -0.15) is 0 Å².